The van der Waals surface area contributed by atoms with Crippen LogP contribution in [0.25, 0.3) is 0 Å². The molecule has 1 rings (SSSR count). The molecule has 0 aliphatic carbocycles. The van der Waals surface area contributed by atoms with E-state index >= 15 is 0 Å². The second-order valence-electron chi connectivity index (χ2n) is 4.88. The molecule has 0 atom stereocenters. The summed E-state index contributed by atoms with van der Waals surface area (Å²) >= 11 is 0. The summed E-state index contributed by atoms with van der Waals surface area (Å²) in [7, 11) is 2.93. The van der Waals surface area contributed by atoms with Crippen molar-refractivity contribution in [3.8, 4) is 0 Å². The van der Waals surface area contributed by atoms with Crippen LogP contribution >= 0.6 is 0 Å². The summed E-state index contributed by atoms with van der Waals surface area (Å²) in [4.78, 5) is 25.6. The first kappa shape index (κ1) is 17.2. The van der Waals surface area contributed by atoms with Crippen LogP contribution < -0.4 is 0 Å². The fourth-order valence-electron chi connectivity index (χ4n) is 2.15. The van der Waals surface area contributed by atoms with Gasteiger partial charge in [-0.25, -0.2) is 0 Å². The predicted octanol–water partition coefficient (Wildman–Crippen LogP) is 1.96. The number of rotatable bonds is 7. The summed E-state index contributed by atoms with van der Waals surface area (Å²) in [6, 6.07) is 5.75. The van der Waals surface area contributed by atoms with E-state index in [0.717, 1.165) is 11.1 Å². The highest BCUT2D eigenvalue weighted by Crippen LogP contribution is 2.16. The van der Waals surface area contributed by atoms with Gasteiger partial charge in [0.1, 0.15) is 0 Å². The van der Waals surface area contributed by atoms with Crippen LogP contribution in [0.5, 0.6) is 0 Å². The van der Waals surface area contributed by atoms with Crippen molar-refractivity contribution in [1.29, 1.82) is 0 Å². The van der Waals surface area contributed by atoms with Crippen LogP contribution in [0.1, 0.15) is 27.9 Å². The van der Waals surface area contributed by atoms with E-state index in [4.69, 9.17) is 4.74 Å². The van der Waals surface area contributed by atoms with E-state index in [1.807, 2.05) is 32.0 Å². The molecule has 116 valence electrons. The normalized spacial score (nSPS) is 10.3. The first-order valence-electron chi connectivity index (χ1n) is 6.92. The van der Waals surface area contributed by atoms with Gasteiger partial charge in [0.25, 0.3) is 5.91 Å². The molecular formula is C16H23NO4. The second-order valence-corrected chi connectivity index (χ2v) is 4.88. The third-order valence-electron chi connectivity index (χ3n) is 3.36. The molecule has 5 heteroatoms. The van der Waals surface area contributed by atoms with Crippen molar-refractivity contribution in [2.24, 2.45) is 0 Å². The summed E-state index contributed by atoms with van der Waals surface area (Å²) in [5.74, 6) is -0.404. The average Bonchev–Trinajstić information content (AvgIpc) is 2.46. The lowest BCUT2D eigenvalue weighted by atomic mass is 10.0. The van der Waals surface area contributed by atoms with Gasteiger partial charge in [0, 0.05) is 25.8 Å². The molecule has 0 radical (unpaired) electrons. The van der Waals surface area contributed by atoms with E-state index in [2.05, 4.69) is 4.74 Å². The summed E-state index contributed by atoms with van der Waals surface area (Å²) in [5, 5.41) is 0. The molecule has 1 aromatic carbocycles. The quantitative estimate of drug-likeness (QED) is 0.721. The minimum absolute atomic E-state index is 0.0773. The monoisotopic (exact) mass is 293 g/mol. The fourth-order valence-corrected chi connectivity index (χ4v) is 2.15. The minimum Gasteiger partial charge on any atom is -0.469 e. The second kappa shape index (κ2) is 8.42. The van der Waals surface area contributed by atoms with Crippen LogP contribution in [0.2, 0.25) is 0 Å². The van der Waals surface area contributed by atoms with Gasteiger partial charge in [0.05, 0.1) is 20.1 Å². The van der Waals surface area contributed by atoms with Crippen LogP contribution in [-0.4, -0.2) is 50.7 Å². The highest BCUT2D eigenvalue weighted by Gasteiger charge is 2.20. The van der Waals surface area contributed by atoms with Gasteiger partial charge in [0.2, 0.25) is 0 Å². The number of nitrogens with zero attached hydrogens (tertiary/aromatic N) is 1. The number of hydrogen-bond donors (Lipinski definition) is 0. The summed E-state index contributed by atoms with van der Waals surface area (Å²) < 4.78 is 9.67. The van der Waals surface area contributed by atoms with Crippen molar-refractivity contribution in [3.63, 3.8) is 0 Å². The molecule has 0 heterocycles. The van der Waals surface area contributed by atoms with E-state index in [0.29, 0.717) is 25.3 Å². The Hall–Kier alpha value is -1.88. The number of aryl methyl sites for hydroxylation is 2. The first-order valence-corrected chi connectivity index (χ1v) is 6.92. The maximum Gasteiger partial charge on any atom is 0.307 e. The third kappa shape index (κ3) is 4.86. The van der Waals surface area contributed by atoms with E-state index < -0.39 is 0 Å². The standard InChI is InChI=1S/C16H23NO4/c1-12-6-5-7-13(2)15(12)16(19)17(10-11-20-3)9-8-14(18)21-4/h5-7H,8-11H2,1-4H3. The van der Waals surface area contributed by atoms with Gasteiger partial charge >= 0.3 is 5.97 Å². The van der Waals surface area contributed by atoms with Crippen LogP contribution in [0, 0.1) is 13.8 Å². The van der Waals surface area contributed by atoms with Crippen molar-refractivity contribution in [2.75, 3.05) is 33.9 Å². The molecule has 0 aliphatic rings. The Labute approximate surface area is 125 Å². The first-order chi connectivity index (χ1) is 10.0. The number of esters is 1. The van der Waals surface area contributed by atoms with Gasteiger partial charge in [-0.3, -0.25) is 9.59 Å². The third-order valence-corrected chi connectivity index (χ3v) is 3.36. The maximum atomic E-state index is 12.7. The summed E-state index contributed by atoms with van der Waals surface area (Å²) in [6.07, 6.45) is 0.177. The molecule has 0 bridgehead atoms. The molecule has 0 saturated carbocycles. The predicted molar refractivity (Wildman–Crippen MR) is 80.3 cm³/mol. The number of methoxy groups -OCH3 is 2. The number of hydrogen-bond acceptors (Lipinski definition) is 4. The lowest BCUT2D eigenvalue weighted by molar-refractivity contribution is -0.140. The Balaban J connectivity index is 2.91. The van der Waals surface area contributed by atoms with Crippen molar-refractivity contribution in [3.05, 3.63) is 34.9 Å². The van der Waals surface area contributed by atoms with Gasteiger partial charge in [-0.2, -0.15) is 0 Å². The fraction of sp³-hybridized carbons (Fsp3) is 0.500. The molecule has 5 nitrogen and oxygen atoms in total. The van der Waals surface area contributed by atoms with E-state index in [9.17, 15) is 9.59 Å². The number of carbonyl (C=O) groups excluding carboxylic acids is 2. The molecular weight excluding hydrogens is 270 g/mol. The Kier molecular flexibility index (Phi) is 6.88. The molecule has 0 aliphatic heterocycles. The van der Waals surface area contributed by atoms with Gasteiger partial charge in [0.15, 0.2) is 0 Å². The van der Waals surface area contributed by atoms with Gasteiger partial charge in [-0.1, -0.05) is 18.2 Å². The lowest BCUT2D eigenvalue weighted by Crippen LogP contribution is -2.36. The molecule has 0 aromatic heterocycles. The minimum atomic E-state index is -0.327. The largest absolute Gasteiger partial charge is 0.469 e. The Morgan fingerprint density at radius 2 is 1.71 bits per heavy atom. The van der Waals surface area contributed by atoms with Crippen LogP contribution in [0.4, 0.5) is 0 Å². The summed E-state index contributed by atoms with van der Waals surface area (Å²) in [6.45, 7) is 5.02. The number of carbonyl (C=O) groups is 2. The molecule has 0 fully saturated rings. The zero-order valence-electron chi connectivity index (χ0n) is 13.1. The Morgan fingerprint density at radius 1 is 1.10 bits per heavy atom. The molecule has 1 amide bonds. The smallest absolute Gasteiger partial charge is 0.307 e. The van der Waals surface area contributed by atoms with Crippen LogP contribution in [0.15, 0.2) is 18.2 Å². The van der Waals surface area contributed by atoms with E-state index in [1.54, 1.807) is 12.0 Å². The molecule has 21 heavy (non-hydrogen) atoms. The van der Waals surface area contributed by atoms with Crippen molar-refractivity contribution >= 4 is 11.9 Å². The number of benzene rings is 1. The molecule has 0 saturated heterocycles. The van der Waals surface area contributed by atoms with Crippen LogP contribution in [0.3, 0.4) is 0 Å². The van der Waals surface area contributed by atoms with Gasteiger partial charge in [-0.05, 0) is 25.0 Å². The van der Waals surface area contributed by atoms with Gasteiger partial charge in [-0.15, -0.1) is 0 Å². The van der Waals surface area contributed by atoms with Crippen molar-refractivity contribution in [2.45, 2.75) is 20.3 Å². The summed E-state index contributed by atoms with van der Waals surface area (Å²) in [5.41, 5.74) is 2.56. The SMILES string of the molecule is COCCN(CCC(=O)OC)C(=O)c1c(C)cccc1C. The number of ether oxygens (including phenoxy) is 2. The molecule has 1 aromatic rings. The lowest BCUT2D eigenvalue weighted by Gasteiger charge is -2.23. The molecule has 0 spiro atoms. The Morgan fingerprint density at radius 3 is 2.24 bits per heavy atom. The van der Waals surface area contributed by atoms with Crippen LogP contribution in [-0.2, 0) is 14.3 Å². The zero-order valence-corrected chi connectivity index (χ0v) is 13.1. The molecule has 0 N–H and O–H groups in total. The zero-order chi connectivity index (χ0) is 15.8. The Bertz CT molecular complexity index is 479. The van der Waals surface area contributed by atoms with E-state index in [-0.39, 0.29) is 18.3 Å². The van der Waals surface area contributed by atoms with Crippen molar-refractivity contribution < 1.29 is 19.1 Å². The average molecular weight is 293 g/mol. The van der Waals surface area contributed by atoms with E-state index in [1.165, 1.54) is 7.11 Å². The molecule has 0 unspecified atom stereocenters. The number of amides is 1. The highest BCUT2D eigenvalue weighted by atomic mass is 16.5. The van der Waals surface area contributed by atoms with Gasteiger partial charge < -0.3 is 14.4 Å². The maximum absolute atomic E-state index is 12.7. The topological polar surface area (TPSA) is 55.8 Å². The van der Waals surface area contributed by atoms with Crippen molar-refractivity contribution in [1.82, 2.24) is 4.90 Å². The highest BCUT2D eigenvalue weighted by molar-refractivity contribution is 5.97.